The van der Waals surface area contributed by atoms with Crippen molar-refractivity contribution in [3.8, 4) is 17.6 Å². The smallest absolute Gasteiger partial charge is 0.227 e. The molecule has 29 heavy (non-hydrogen) atoms. The Balaban J connectivity index is 1.66. The fourth-order valence-corrected chi connectivity index (χ4v) is 3.33. The number of hydrazone groups is 1. The molecule has 0 bridgehead atoms. The normalized spacial score (nSPS) is 18.2. The maximum Gasteiger partial charge on any atom is 0.227 e. The fraction of sp³-hybridized carbons (Fsp3) is 0.238. The lowest BCUT2D eigenvalue weighted by Crippen LogP contribution is -2.28. The summed E-state index contributed by atoms with van der Waals surface area (Å²) >= 11 is 0. The molecule has 1 aromatic heterocycles. The number of carbonyl (C=O) groups is 1. The minimum atomic E-state index is 0.144. The molecule has 1 fully saturated rings. The predicted molar refractivity (Wildman–Crippen MR) is 109 cm³/mol. The first-order valence-electron chi connectivity index (χ1n) is 9.44. The van der Waals surface area contributed by atoms with Gasteiger partial charge < -0.3 is 14.5 Å². The summed E-state index contributed by atoms with van der Waals surface area (Å²) in [7, 11) is 0. The molecule has 146 valence electrons. The lowest BCUT2D eigenvalue weighted by Gasteiger charge is -2.16. The van der Waals surface area contributed by atoms with Crippen LogP contribution in [0.5, 0.6) is 11.5 Å². The Labute approximate surface area is 168 Å². The van der Waals surface area contributed by atoms with Crippen molar-refractivity contribution in [3.63, 3.8) is 0 Å². The molecule has 1 N–H and O–H groups in total. The number of hydrogen-bond acceptors (Lipinski definition) is 7. The number of amides is 1. The van der Waals surface area contributed by atoms with E-state index in [1.54, 1.807) is 17.4 Å². The first kappa shape index (κ1) is 18.5. The summed E-state index contributed by atoms with van der Waals surface area (Å²) < 4.78 is 6.03. The predicted octanol–water partition coefficient (Wildman–Crippen LogP) is 1.24. The minimum absolute atomic E-state index is 0.144. The first-order chi connectivity index (χ1) is 14.2. The SMILES string of the molecule is CCN1C=NN/C1=c1\cn/c(=C\C#N)c(Oc2ccc(N3CCCC3=O)cc2)c1. The van der Waals surface area contributed by atoms with Gasteiger partial charge in [0.05, 0.1) is 6.07 Å². The highest BCUT2D eigenvalue weighted by atomic mass is 16.5. The summed E-state index contributed by atoms with van der Waals surface area (Å²) in [6.07, 6.45) is 6.21. The second kappa shape index (κ2) is 8.02. The number of benzene rings is 1. The van der Waals surface area contributed by atoms with Gasteiger partial charge >= 0.3 is 0 Å². The van der Waals surface area contributed by atoms with Crippen molar-refractivity contribution < 1.29 is 9.53 Å². The number of hydrogen-bond donors (Lipinski definition) is 1. The largest absolute Gasteiger partial charge is 0.455 e. The van der Waals surface area contributed by atoms with Crippen molar-refractivity contribution in [2.24, 2.45) is 5.10 Å². The monoisotopic (exact) mass is 388 g/mol. The maximum absolute atomic E-state index is 11.9. The van der Waals surface area contributed by atoms with E-state index in [0.717, 1.165) is 36.2 Å². The molecule has 2 aliphatic heterocycles. The molecule has 1 amide bonds. The van der Waals surface area contributed by atoms with Crippen LogP contribution in [0, 0.1) is 11.3 Å². The number of rotatable bonds is 4. The van der Waals surface area contributed by atoms with Crippen molar-refractivity contribution in [1.82, 2.24) is 15.3 Å². The number of aromatic nitrogens is 1. The van der Waals surface area contributed by atoms with Crippen molar-refractivity contribution >= 4 is 29.8 Å². The molecule has 8 heteroatoms. The van der Waals surface area contributed by atoms with Gasteiger partial charge in [-0.15, -0.1) is 0 Å². The van der Waals surface area contributed by atoms with Gasteiger partial charge in [-0.2, -0.15) is 10.4 Å². The third-order valence-electron chi connectivity index (χ3n) is 4.80. The average molecular weight is 388 g/mol. The molecular weight excluding hydrogens is 368 g/mol. The van der Waals surface area contributed by atoms with Crippen molar-refractivity contribution in [2.75, 3.05) is 18.0 Å². The molecule has 2 aromatic rings. The molecule has 0 aliphatic carbocycles. The summed E-state index contributed by atoms with van der Waals surface area (Å²) in [6, 6.07) is 11.2. The Morgan fingerprint density at radius 2 is 2.17 bits per heavy atom. The number of nitrogens with zero attached hydrogens (tertiary/aromatic N) is 5. The molecule has 3 heterocycles. The van der Waals surface area contributed by atoms with Gasteiger partial charge in [0.2, 0.25) is 5.91 Å². The van der Waals surface area contributed by atoms with Crippen LogP contribution in [0.4, 0.5) is 5.69 Å². The maximum atomic E-state index is 11.9. The fourth-order valence-electron chi connectivity index (χ4n) is 3.33. The highest BCUT2D eigenvalue weighted by Crippen LogP contribution is 2.25. The van der Waals surface area contributed by atoms with Gasteiger partial charge in [-0.25, -0.2) is 0 Å². The van der Waals surface area contributed by atoms with Crippen molar-refractivity contribution in [3.05, 3.63) is 47.1 Å². The molecule has 0 saturated carbocycles. The Morgan fingerprint density at radius 1 is 1.34 bits per heavy atom. The van der Waals surface area contributed by atoms with E-state index in [0.29, 0.717) is 23.3 Å². The lowest BCUT2D eigenvalue weighted by molar-refractivity contribution is -0.117. The Morgan fingerprint density at radius 3 is 2.86 bits per heavy atom. The van der Waals surface area contributed by atoms with E-state index in [1.165, 1.54) is 6.08 Å². The van der Waals surface area contributed by atoms with Crippen LogP contribution in [0.1, 0.15) is 19.8 Å². The summed E-state index contributed by atoms with van der Waals surface area (Å²) in [5, 5.41) is 14.4. The molecule has 0 atom stereocenters. The summed E-state index contributed by atoms with van der Waals surface area (Å²) in [5.74, 6) is 2.01. The van der Waals surface area contributed by atoms with Crippen LogP contribution < -0.4 is 25.6 Å². The van der Waals surface area contributed by atoms with Gasteiger partial charge in [0.25, 0.3) is 0 Å². The van der Waals surface area contributed by atoms with Gasteiger partial charge in [-0.1, -0.05) is 0 Å². The topological polar surface area (TPSA) is 93.8 Å². The van der Waals surface area contributed by atoms with Crippen LogP contribution in [-0.4, -0.2) is 35.2 Å². The highest BCUT2D eigenvalue weighted by Gasteiger charge is 2.21. The average Bonchev–Trinajstić information content (AvgIpc) is 3.39. The van der Waals surface area contributed by atoms with Crippen LogP contribution >= 0.6 is 0 Å². The summed E-state index contributed by atoms with van der Waals surface area (Å²) in [6.45, 7) is 3.52. The number of pyridine rings is 1. The zero-order chi connectivity index (χ0) is 20.2. The van der Waals surface area contributed by atoms with Gasteiger partial charge in [0, 0.05) is 42.7 Å². The van der Waals surface area contributed by atoms with E-state index >= 15 is 0 Å². The van der Waals surface area contributed by atoms with Crippen LogP contribution in [0.25, 0.3) is 11.9 Å². The second-order valence-corrected chi connectivity index (χ2v) is 6.62. The summed E-state index contributed by atoms with van der Waals surface area (Å²) in [4.78, 5) is 20.0. The quantitative estimate of drug-likeness (QED) is 0.847. The Kier molecular flexibility index (Phi) is 5.12. The molecule has 4 rings (SSSR count). The van der Waals surface area contributed by atoms with Crippen LogP contribution in [0.15, 0.2) is 41.6 Å². The zero-order valence-electron chi connectivity index (χ0n) is 16.0. The molecule has 1 aromatic carbocycles. The molecule has 1 saturated heterocycles. The second-order valence-electron chi connectivity index (χ2n) is 6.62. The molecular formula is C21H20N6O2. The summed E-state index contributed by atoms with van der Waals surface area (Å²) in [5.41, 5.74) is 3.82. The van der Waals surface area contributed by atoms with E-state index in [9.17, 15) is 4.79 Å². The molecule has 2 aliphatic rings. The lowest BCUT2D eigenvalue weighted by atomic mass is 10.2. The highest BCUT2D eigenvalue weighted by molar-refractivity contribution is 5.95. The Bertz CT molecular complexity index is 1120. The number of carbonyl (C=O) groups excluding carboxylic acids is 1. The third kappa shape index (κ3) is 3.75. The number of ether oxygens (including phenoxy) is 1. The number of nitrogens with one attached hydrogen (secondary N) is 1. The van der Waals surface area contributed by atoms with E-state index < -0.39 is 0 Å². The van der Waals surface area contributed by atoms with Gasteiger partial charge in [0.1, 0.15) is 23.3 Å². The molecule has 0 spiro atoms. The van der Waals surface area contributed by atoms with E-state index in [1.807, 2.05) is 48.2 Å². The third-order valence-corrected chi connectivity index (χ3v) is 4.80. The molecule has 0 unspecified atom stereocenters. The first-order valence-corrected chi connectivity index (χ1v) is 9.44. The van der Waals surface area contributed by atoms with E-state index in [-0.39, 0.29) is 5.91 Å². The van der Waals surface area contributed by atoms with Crippen LogP contribution in [-0.2, 0) is 4.79 Å². The van der Waals surface area contributed by atoms with Crippen LogP contribution in [0.2, 0.25) is 0 Å². The zero-order valence-corrected chi connectivity index (χ0v) is 16.0. The van der Waals surface area contributed by atoms with Gasteiger partial charge in [-0.3, -0.25) is 15.2 Å². The molecule has 8 nitrogen and oxygen atoms in total. The van der Waals surface area contributed by atoms with Gasteiger partial charge in [-0.05, 0) is 43.7 Å². The van der Waals surface area contributed by atoms with Gasteiger partial charge in [0.15, 0.2) is 5.75 Å². The Hall–Kier alpha value is -3.86. The van der Waals surface area contributed by atoms with E-state index in [4.69, 9.17) is 10.00 Å². The number of nitriles is 1. The molecule has 0 radical (unpaired) electrons. The standard InChI is InChI=1S/C21H20N6O2/c1-2-26-14-24-25-21(26)15-12-19(18(9-10-22)23-13-15)29-17-7-5-16(6-8-17)27-11-3-4-20(27)28/h5-9,12-14,25H,2-4,11H2,1H3/b18-9-,21-15+. The van der Waals surface area contributed by atoms with Crippen molar-refractivity contribution in [1.29, 1.82) is 5.26 Å². The minimum Gasteiger partial charge on any atom is -0.455 e. The number of anilines is 1. The van der Waals surface area contributed by atoms with Crippen LogP contribution in [0.3, 0.4) is 0 Å². The van der Waals surface area contributed by atoms with Crippen molar-refractivity contribution in [2.45, 2.75) is 19.8 Å². The van der Waals surface area contributed by atoms with E-state index in [2.05, 4.69) is 15.5 Å².